The zero-order chi connectivity index (χ0) is 14.3. The molecule has 20 heavy (non-hydrogen) atoms. The summed E-state index contributed by atoms with van der Waals surface area (Å²) in [5.41, 5.74) is 1.65. The fraction of sp³-hybridized carbons (Fsp3) is 0.214. The number of thiophene rings is 1. The zero-order valence-electron chi connectivity index (χ0n) is 10.7. The maximum atomic E-state index is 13.6. The third kappa shape index (κ3) is 2.25. The van der Waals surface area contributed by atoms with E-state index in [0.29, 0.717) is 9.24 Å². The van der Waals surface area contributed by atoms with E-state index in [0.717, 1.165) is 17.5 Å². The summed E-state index contributed by atoms with van der Waals surface area (Å²) in [5, 5.41) is 2.06. The summed E-state index contributed by atoms with van der Waals surface area (Å²) in [5.74, 6) is -0.287. The van der Waals surface area contributed by atoms with Crippen molar-refractivity contribution in [2.75, 3.05) is 0 Å². The average Bonchev–Trinajstić information content (AvgIpc) is 3.02. The van der Waals surface area contributed by atoms with Crippen molar-refractivity contribution in [1.82, 2.24) is 9.55 Å². The van der Waals surface area contributed by atoms with Gasteiger partial charge in [-0.25, -0.2) is 4.39 Å². The van der Waals surface area contributed by atoms with E-state index in [-0.39, 0.29) is 11.9 Å². The Morgan fingerprint density at radius 3 is 2.95 bits per heavy atom. The number of hydrogen-bond donors (Lipinski definition) is 1. The number of aromatic nitrogens is 2. The number of nitrogens with zero attached hydrogens (tertiary/aromatic N) is 1. The SMILES string of the molecule is CCC(c1cccs1)n1c(=S)[nH]c2cc(F)c(Br)cc21. The summed E-state index contributed by atoms with van der Waals surface area (Å²) in [6.45, 7) is 2.13. The summed E-state index contributed by atoms with van der Waals surface area (Å²) in [4.78, 5) is 4.35. The predicted octanol–water partition coefficient (Wildman–Crippen LogP) is 5.66. The number of benzene rings is 1. The van der Waals surface area contributed by atoms with Crippen LogP contribution in [-0.2, 0) is 0 Å². The number of aromatic amines is 1. The summed E-state index contributed by atoms with van der Waals surface area (Å²) < 4.78 is 16.8. The number of rotatable bonds is 3. The lowest BCUT2D eigenvalue weighted by atomic mass is 10.1. The Bertz CT molecular complexity index is 805. The highest BCUT2D eigenvalue weighted by Crippen LogP contribution is 2.31. The number of nitrogens with one attached hydrogen (secondary N) is 1. The van der Waals surface area contributed by atoms with E-state index >= 15 is 0 Å². The molecule has 0 aliphatic carbocycles. The van der Waals surface area contributed by atoms with Crippen molar-refractivity contribution >= 4 is 50.5 Å². The van der Waals surface area contributed by atoms with Gasteiger partial charge in [0.15, 0.2) is 4.77 Å². The summed E-state index contributed by atoms with van der Waals surface area (Å²) in [7, 11) is 0. The first-order valence-corrected chi connectivity index (χ1v) is 8.32. The predicted molar refractivity (Wildman–Crippen MR) is 87.5 cm³/mol. The minimum Gasteiger partial charge on any atom is -0.330 e. The highest BCUT2D eigenvalue weighted by molar-refractivity contribution is 9.10. The molecule has 0 spiro atoms. The number of fused-ring (bicyclic) bond motifs is 1. The fourth-order valence-electron chi connectivity index (χ4n) is 2.42. The van der Waals surface area contributed by atoms with Gasteiger partial charge in [0.1, 0.15) is 5.82 Å². The Balaban J connectivity index is 2.27. The number of H-pyrrole nitrogens is 1. The minimum atomic E-state index is -0.287. The Labute approximate surface area is 133 Å². The lowest BCUT2D eigenvalue weighted by Crippen LogP contribution is -2.08. The van der Waals surface area contributed by atoms with E-state index in [1.54, 1.807) is 17.4 Å². The molecule has 2 aromatic heterocycles. The van der Waals surface area contributed by atoms with Crippen LogP contribution in [0.5, 0.6) is 0 Å². The molecule has 0 aliphatic heterocycles. The molecule has 0 fully saturated rings. The molecule has 2 heterocycles. The lowest BCUT2D eigenvalue weighted by Gasteiger charge is -2.16. The van der Waals surface area contributed by atoms with Crippen LogP contribution < -0.4 is 0 Å². The van der Waals surface area contributed by atoms with Crippen LogP contribution >= 0.6 is 39.5 Å². The maximum Gasteiger partial charge on any atom is 0.178 e. The second-order valence-corrected chi connectivity index (χ2v) is 6.74. The summed E-state index contributed by atoms with van der Waals surface area (Å²) in [6, 6.07) is 7.59. The molecule has 104 valence electrons. The first-order valence-electron chi connectivity index (χ1n) is 6.24. The van der Waals surface area contributed by atoms with Gasteiger partial charge in [-0.2, -0.15) is 0 Å². The normalized spacial score (nSPS) is 12.9. The Morgan fingerprint density at radius 1 is 1.50 bits per heavy atom. The van der Waals surface area contributed by atoms with Crippen LogP contribution in [-0.4, -0.2) is 9.55 Å². The van der Waals surface area contributed by atoms with E-state index < -0.39 is 0 Å². The average molecular weight is 371 g/mol. The topological polar surface area (TPSA) is 20.7 Å². The molecule has 1 atom stereocenters. The quantitative estimate of drug-likeness (QED) is 0.589. The van der Waals surface area contributed by atoms with Gasteiger partial charge in [0.25, 0.3) is 0 Å². The first-order chi connectivity index (χ1) is 9.61. The third-order valence-corrected chi connectivity index (χ3v) is 5.21. The second-order valence-electron chi connectivity index (χ2n) is 4.52. The van der Waals surface area contributed by atoms with Crippen LogP contribution in [0.2, 0.25) is 0 Å². The van der Waals surface area contributed by atoms with Crippen molar-refractivity contribution in [2.45, 2.75) is 19.4 Å². The molecular weight excluding hydrogens is 359 g/mol. The second kappa shape index (κ2) is 5.42. The molecule has 0 amide bonds. The number of imidazole rings is 1. The van der Waals surface area contributed by atoms with Gasteiger partial charge >= 0.3 is 0 Å². The van der Waals surface area contributed by atoms with E-state index in [1.807, 2.05) is 6.07 Å². The first kappa shape index (κ1) is 14.0. The molecule has 2 nitrogen and oxygen atoms in total. The summed E-state index contributed by atoms with van der Waals surface area (Å²) in [6.07, 6.45) is 0.927. The largest absolute Gasteiger partial charge is 0.330 e. The third-order valence-electron chi connectivity index (χ3n) is 3.33. The standard InChI is InChI=1S/C14H12BrFN2S2/c1-2-11(13-4-3-5-20-13)18-12-6-8(15)9(16)7-10(12)17-14(18)19/h3-7,11H,2H2,1H3,(H,17,19). The molecule has 6 heteroatoms. The number of hydrogen-bond acceptors (Lipinski definition) is 2. The van der Waals surface area contributed by atoms with Gasteiger partial charge in [-0.05, 0) is 52.1 Å². The van der Waals surface area contributed by atoms with Gasteiger partial charge in [-0.15, -0.1) is 11.3 Å². The molecule has 0 radical (unpaired) electrons. The van der Waals surface area contributed by atoms with Gasteiger partial charge in [-0.1, -0.05) is 13.0 Å². The smallest absolute Gasteiger partial charge is 0.178 e. The molecule has 1 aromatic carbocycles. The van der Waals surface area contributed by atoms with Gasteiger partial charge < -0.3 is 9.55 Å². The highest BCUT2D eigenvalue weighted by Gasteiger charge is 2.18. The van der Waals surface area contributed by atoms with Crippen molar-refractivity contribution < 1.29 is 4.39 Å². The molecular formula is C14H12BrFN2S2. The molecule has 3 rings (SSSR count). The van der Waals surface area contributed by atoms with Crippen LogP contribution in [0.3, 0.4) is 0 Å². The molecule has 0 saturated carbocycles. The van der Waals surface area contributed by atoms with E-state index in [1.165, 1.54) is 10.9 Å². The molecule has 3 aromatic rings. The summed E-state index contributed by atoms with van der Waals surface area (Å²) >= 11 is 10.4. The van der Waals surface area contributed by atoms with Crippen LogP contribution in [0.4, 0.5) is 4.39 Å². The number of halogens is 2. The van der Waals surface area contributed by atoms with Gasteiger partial charge in [-0.3, -0.25) is 0 Å². The van der Waals surface area contributed by atoms with Crippen molar-refractivity contribution in [3.05, 3.63) is 49.6 Å². The van der Waals surface area contributed by atoms with Gasteiger partial charge in [0, 0.05) is 10.9 Å². The maximum absolute atomic E-state index is 13.6. The molecule has 0 bridgehead atoms. The minimum absolute atomic E-state index is 0.175. The van der Waals surface area contributed by atoms with Crippen LogP contribution in [0.1, 0.15) is 24.3 Å². The fourth-order valence-corrected chi connectivity index (χ4v) is 3.99. The van der Waals surface area contributed by atoms with Crippen molar-refractivity contribution in [2.24, 2.45) is 0 Å². The monoisotopic (exact) mass is 370 g/mol. The lowest BCUT2D eigenvalue weighted by molar-refractivity contribution is 0.584. The van der Waals surface area contributed by atoms with Crippen LogP contribution in [0.15, 0.2) is 34.1 Å². The van der Waals surface area contributed by atoms with Crippen LogP contribution in [0.25, 0.3) is 11.0 Å². The highest BCUT2D eigenvalue weighted by atomic mass is 79.9. The molecule has 0 saturated heterocycles. The molecule has 0 aliphatic rings. The van der Waals surface area contributed by atoms with E-state index in [4.69, 9.17) is 12.2 Å². The van der Waals surface area contributed by atoms with Gasteiger partial charge in [0.05, 0.1) is 21.5 Å². The van der Waals surface area contributed by atoms with Crippen LogP contribution in [0, 0.1) is 10.6 Å². The molecule has 1 unspecified atom stereocenters. The van der Waals surface area contributed by atoms with Crippen molar-refractivity contribution in [1.29, 1.82) is 0 Å². The Hall–Kier alpha value is -0.980. The van der Waals surface area contributed by atoms with E-state index in [9.17, 15) is 4.39 Å². The Morgan fingerprint density at radius 2 is 2.30 bits per heavy atom. The molecule has 1 N–H and O–H groups in total. The Kier molecular flexibility index (Phi) is 3.79. The van der Waals surface area contributed by atoms with Gasteiger partial charge in [0.2, 0.25) is 0 Å². The zero-order valence-corrected chi connectivity index (χ0v) is 13.9. The van der Waals surface area contributed by atoms with Crippen molar-refractivity contribution in [3.63, 3.8) is 0 Å². The van der Waals surface area contributed by atoms with Crippen molar-refractivity contribution in [3.8, 4) is 0 Å². The van der Waals surface area contributed by atoms with E-state index in [2.05, 4.69) is 43.9 Å².